The van der Waals surface area contributed by atoms with E-state index in [1.165, 1.54) is 37.7 Å². The molecule has 1 aliphatic heterocycles. The molecule has 2 heterocycles. The molecule has 1 aliphatic carbocycles. The van der Waals surface area contributed by atoms with Gasteiger partial charge in [0.25, 0.3) is 0 Å². The van der Waals surface area contributed by atoms with Crippen molar-refractivity contribution >= 4 is 0 Å². The maximum atomic E-state index is 10.3. The highest BCUT2D eigenvalue weighted by molar-refractivity contribution is 5.18. The molecule has 0 aromatic carbocycles. The Morgan fingerprint density at radius 3 is 2.81 bits per heavy atom. The minimum absolute atomic E-state index is 0.0988. The predicted octanol–water partition coefficient (Wildman–Crippen LogP) is 2.61. The lowest BCUT2D eigenvalue weighted by atomic mass is 9.80. The summed E-state index contributed by atoms with van der Waals surface area (Å²) in [7, 11) is 1.64. The van der Waals surface area contributed by atoms with E-state index in [1.807, 2.05) is 12.3 Å². The summed E-state index contributed by atoms with van der Waals surface area (Å²) in [5.41, 5.74) is 1.23. The van der Waals surface area contributed by atoms with Crippen molar-refractivity contribution < 1.29 is 9.84 Å². The van der Waals surface area contributed by atoms with Crippen LogP contribution in [0.1, 0.15) is 44.1 Å². The molecular formula is C17H26N2O2. The van der Waals surface area contributed by atoms with Crippen molar-refractivity contribution in [2.45, 2.75) is 57.2 Å². The van der Waals surface area contributed by atoms with E-state index in [0.717, 1.165) is 19.5 Å². The number of pyridine rings is 1. The van der Waals surface area contributed by atoms with Crippen molar-refractivity contribution in [2.75, 3.05) is 13.7 Å². The second-order valence-electron chi connectivity index (χ2n) is 6.40. The fourth-order valence-corrected chi connectivity index (χ4v) is 3.98. The molecule has 0 unspecified atom stereocenters. The van der Waals surface area contributed by atoms with Gasteiger partial charge in [-0.25, -0.2) is 4.98 Å². The highest BCUT2D eigenvalue weighted by Crippen LogP contribution is 2.35. The standard InChI is InChI=1S/C17H26N2O2/c1-21-17-9-8-13(11-18-17)12-19-10-4-6-15(19)14-5-2-3-7-16(14)20/h8-9,11,14-16,20H,2-7,10,12H2,1H3/t14-,15-,16+/m1/s1. The van der Waals surface area contributed by atoms with Crippen LogP contribution in [0.2, 0.25) is 0 Å². The lowest BCUT2D eigenvalue weighted by Gasteiger charge is -2.37. The molecule has 3 atom stereocenters. The molecule has 4 nitrogen and oxygen atoms in total. The van der Waals surface area contributed by atoms with Crippen LogP contribution in [-0.2, 0) is 6.54 Å². The zero-order chi connectivity index (χ0) is 14.7. The summed E-state index contributed by atoms with van der Waals surface area (Å²) >= 11 is 0. The Balaban J connectivity index is 1.65. The Bertz CT molecular complexity index is 449. The van der Waals surface area contributed by atoms with Gasteiger partial charge in [-0.05, 0) is 37.8 Å². The quantitative estimate of drug-likeness (QED) is 0.926. The van der Waals surface area contributed by atoms with Gasteiger partial charge in [0.1, 0.15) is 0 Å². The zero-order valence-corrected chi connectivity index (χ0v) is 12.9. The van der Waals surface area contributed by atoms with Crippen LogP contribution in [0.15, 0.2) is 18.3 Å². The number of aliphatic hydroxyl groups excluding tert-OH is 1. The molecule has 0 spiro atoms. The van der Waals surface area contributed by atoms with E-state index in [9.17, 15) is 5.11 Å². The second kappa shape index (κ2) is 6.75. The van der Waals surface area contributed by atoms with Crippen molar-refractivity contribution in [1.29, 1.82) is 0 Å². The number of hydrogen-bond acceptors (Lipinski definition) is 4. The van der Waals surface area contributed by atoms with Crippen LogP contribution in [0.4, 0.5) is 0 Å². The number of aromatic nitrogens is 1. The third-order valence-electron chi connectivity index (χ3n) is 5.08. The minimum Gasteiger partial charge on any atom is -0.481 e. The molecule has 1 saturated heterocycles. The van der Waals surface area contributed by atoms with Gasteiger partial charge < -0.3 is 9.84 Å². The summed E-state index contributed by atoms with van der Waals surface area (Å²) < 4.78 is 5.11. The van der Waals surface area contributed by atoms with Crippen LogP contribution in [0.5, 0.6) is 5.88 Å². The van der Waals surface area contributed by atoms with E-state index in [4.69, 9.17) is 4.74 Å². The van der Waals surface area contributed by atoms with Gasteiger partial charge in [0, 0.05) is 30.8 Å². The third kappa shape index (κ3) is 3.38. The number of aliphatic hydroxyl groups is 1. The highest BCUT2D eigenvalue weighted by atomic mass is 16.5. The monoisotopic (exact) mass is 290 g/mol. The summed E-state index contributed by atoms with van der Waals surface area (Å²) in [6, 6.07) is 4.57. The van der Waals surface area contributed by atoms with Crippen LogP contribution in [0, 0.1) is 5.92 Å². The molecule has 21 heavy (non-hydrogen) atoms. The number of nitrogens with zero attached hydrogens (tertiary/aromatic N) is 2. The van der Waals surface area contributed by atoms with Crippen molar-refractivity contribution in [3.05, 3.63) is 23.9 Å². The molecule has 0 amide bonds. The van der Waals surface area contributed by atoms with Crippen LogP contribution in [-0.4, -0.2) is 40.8 Å². The predicted molar refractivity (Wildman–Crippen MR) is 82.2 cm³/mol. The summed E-state index contributed by atoms with van der Waals surface area (Å²) in [6.07, 6.45) is 8.91. The van der Waals surface area contributed by atoms with E-state index in [2.05, 4.69) is 16.0 Å². The van der Waals surface area contributed by atoms with Crippen molar-refractivity contribution in [1.82, 2.24) is 9.88 Å². The lowest BCUT2D eigenvalue weighted by molar-refractivity contribution is 0.0201. The Hall–Kier alpha value is -1.13. The normalized spacial score (nSPS) is 30.5. The summed E-state index contributed by atoms with van der Waals surface area (Å²) in [5, 5.41) is 10.3. The van der Waals surface area contributed by atoms with Gasteiger partial charge in [0.15, 0.2) is 0 Å². The zero-order valence-electron chi connectivity index (χ0n) is 12.9. The minimum atomic E-state index is -0.0988. The number of likely N-dealkylation sites (tertiary alicyclic amines) is 1. The first kappa shape index (κ1) is 14.8. The number of rotatable bonds is 4. The van der Waals surface area contributed by atoms with Gasteiger partial charge in [0.05, 0.1) is 13.2 Å². The van der Waals surface area contributed by atoms with Gasteiger partial charge in [-0.3, -0.25) is 4.90 Å². The van der Waals surface area contributed by atoms with Crippen LogP contribution >= 0.6 is 0 Å². The lowest BCUT2D eigenvalue weighted by Crippen LogP contribution is -2.42. The van der Waals surface area contributed by atoms with E-state index in [-0.39, 0.29) is 6.10 Å². The number of ether oxygens (including phenoxy) is 1. The molecule has 2 aliphatic rings. The molecule has 116 valence electrons. The van der Waals surface area contributed by atoms with E-state index in [1.54, 1.807) is 7.11 Å². The molecule has 4 heteroatoms. The Morgan fingerprint density at radius 2 is 2.10 bits per heavy atom. The van der Waals surface area contributed by atoms with E-state index >= 15 is 0 Å². The SMILES string of the molecule is COc1ccc(CN2CCC[C@@H]2[C@H]2CCCC[C@@H]2O)cn1. The first-order valence-electron chi connectivity index (χ1n) is 8.19. The van der Waals surface area contributed by atoms with Gasteiger partial charge in [-0.2, -0.15) is 0 Å². The molecule has 3 rings (SSSR count). The molecular weight excluding hydrogens is 264 g/mol. The van der Waals surface area contributed by atoms with Crippen LogP contribution in [0.25, 0.3) is 0 Å². The summed E-state index contributed by atoms with van der Waals surface area (Å²) in [4.78, 5) is 6.84. The maximum absolute atomic E-state index is 10.3. The Morgan fingerprint density at radius 1 is 1.24 bits per heavy atom. The number of methoxy groups -OCH3 is 1. The number of hydrogen-bond donors (Lipinski definition) is 1. The van der Waals surface area contributed by atoms with Crippen LogP contribution in [0.3, 0.4) is 0 Å². The fourth-order valence-electron chi connectivity index (χ4n) is 3.98. The Labute approximate surface area is 127 Å². The fraction of sp³-hybridized carbons (Fsp3) is 0.706. The molecule has 1 aromatic rings. The first-order valence-corrected chi connectivity index (χ1v) is 8.19. The van der Waals surface area contributed by atoms with Gasteiger partial charge in [0.2, 0.25) is 5.88 Å². The summed E-state index contributed by atoms with van der Waals surface area (Å²) in [5.74, 6) is 1.13. The topological polar surface area (TPSA) is 45.6 Å². The smallest absolute Gasteiger partial charge is 0.212 e. The summed E-state index contributed by atoms with van der Waals surface area (Å²) in [6.45, 7) is 2.07. The maximum Gasteiger partial charge on any atom is 0.212 e. The molecule has 2 fully saturated rings. The van der Waals surface area contributed by atoms with Crippen molar-refractivity contribution in [3.8, 4) is 5.88 Å². The largest absolute Gasteiger partial charge is 0.481 e. The van der Waals surface area contributed by atoms with Gasteiger partial charge in [-0.15, -0.1) is 0 Å². The molecule has 1 aromatic heterocycles. The average molecular weight is 290 g/mol. The average Bonchev–Trinajstić information content (AvgIpc) is 2.96. The van der Waals surface area contributed by atoms with Gasteiger partial charge in [-0.1, -0.05) is 18.9 Å². The Kier molecular flexibility index (Phi) is 4.76. The second-order valence-corrected chi connectivity index (χ2v) is 6.40. The first-order chi connectivity index (χ1) is 10.3. The van der Waals surface area contributed by atoms with E-state index < -0.39 is 0 Å². The molecule has 0 radical (unpaired) electrons. The van der Waals surface area contributed by atoms with Crippen LogP contribution < -0.4 is 4.74 Å². The van der Waals surface area contributed by atoms with Crippen molar-refractivity contribution in [2.24, 2.45) is 5.92 Å². The molecule has 1 N–H and O–H groups in total. The third-order valence-corrected chi connectivity index (χ3v) is 5.08. The highest BCUT2D eigenvalue weighted by Gasteiger charge is 2.36. The van der Waals surface area contributed by atoms with E-state index in [0.29, 0.717) is 17.8 Å². The molecule has 0 bridgehead atoms. The van der Waals surface area contributed by atoms with Gasteiger partial charge >= 0.3 is 0 Å². The van der Waals surface area contributed by atoms with Crippen molar-refractivity contribution in [3.63, 3.8) is 0 Å². The molecule has 1 saturated carbocycles.